The molecule has 3 heteroatoms. The Kier molecular flexibility index (Phi) is 0.520. The van der Waals surface area contributed by atoms with Gasteiger partial charge in [-0.25, -0.2) is 0 Å². The largest absolute Gasteiger partial charge is 0.469 e. The van der Waals surface area contributed by atoms with Crippen LogP contribution in [0.2, 0.25) is 0 Å². The topological polar surface area (TPSA) is 38.3 Å². The van der Waals surface area contributed by atoms with Crippen LogP contribution in [0.3, 0.4) is 0 Å². The van der Waals surface area contributed by atoms with Gasteiger partial charge in [-0.15, -0.1) is 0 Å². The highest BCUT2D eigenvalue weighted by molar-refractivity contribution is 5.72. The lowest BCUT2D eigenvalue weighted by molar-refractivity contribution is -0.146. The molecule has 0 aliphatic carbocycles. The second kappa shape index (κ2) is 3.56. The third-order valence-corrected chi connectivity index (χ3v) is 0.797. The Morgan fingerprint density at radius 1 is 1.90 bits per heavy atom. The number of methoxy groups -OCH3 is 1. The van der Waals surface area contributed by atoms with Crippen molar-refractivity contribution in [1.29, 1.82) is 0 Å². The quantitative estimate of drug-likeness (QED) is 0.548. The van der Waals surface area contributed by atoms with Crippen LogP contribution in [0.4, 0.5) is 0 Å². The second-order valence-electron chi connectivity index (χ2n) is 1.39. The average molecular weight is 155 g/mol. The van der Waals surface area contributed by atoms with Crippen LogP contribution in [-0.4, -0.2) is 26.0 Å². The molecule has 1 aliphatic heterocycles. The van der Waals surface area contributed by atoms with Gasteiger partial charge < -0.3 is 10.1 Å². The Bertz CT molecular complexity index is 456. The minimum absolute atomic E-state index is 1.43. The summed E-state index contributed by atoms with van der Waals surface area (Å²) in [5, 5.41) is 1.43. The molecule has 0 amide bonds. The van der Waals surface area contributed by atoms with Crippen LogP contribution in [0, 0.1) is 5.89 Å². The first-order chi connectivity index (χ1) is 9.33. The molecule has 1 heterocycles. The number of esters is 1. The lowest BCUT2D eigenvalue weighted by Crippen LogP contribution is -2.32. The molecule has 1 fully saturated rings. The summed E-state index contributed by atoms with van der Waals surface area (Å²) >= 11 is 0. The van der Waals surface area contributed by atoms with Crippen molar-refractivity contribution in [3.63, 3.8) is 0 Å². The van der Waals surface area contributed by atoms with Gasteiger partial charge in [-0.2, -0.15) is 0 Å². The first kappa shape index (κ1) is 1.46. The van der Waals surface area contributed by atoms with E-state index in [1.807, 2.05) is 0 Å². The highest BCUT2D eigenvalue weighted by Gasteiger charge is 2.20. The molecular weight excluding hydrogens is 130 g/mol. The van der Waals surface area contributed by atoms with E-state index >= 15 is 0 Å². The van der Waals surface area contributed by atoms with Crippen LogP contribution < -0.4 is 5.32 Å². The number of piperidine rings is 1. The van der Waals surface area contributed by atoms with Crippen LogP contribution in [-0.2, 0) is 9.53 Å². The van der Waals surface area contributed by atoms with Gasteiger partial charge in [-0.1, -0.05) is 0 Å². The van der Waals surface area contributed by atoms with E-state index < -0.39 is 44.6 Å². The SMILES string of the molecule is [2H]C([2H])([2H])OC(=O)C1([2H])C([2H])([2H])C([2H])([2H])NC([2H])([2H])C1([2H])[2H]. The van der Waals surface area contributed by atoms with E-state index in [2.05, 4.69) is 4.74 Å². The van der Waals surface area contributed by atoms with Crippen LogP contribution in [0.5, 0.6) is 0 Å². The maximum atomic E-state index is 11.9. The molecule has 0 unspecified atom stereocenters. The molecule has 3 nitrogen and oxygen atoms in total. The van der Waals surface area contributed by atoms with Crippen molar-refractivity contribution in [2.45, 2.75) is 12.7 Å². The predicted molar refractivity (Wildman–Crippen MR) is 37.6 cm³/mol. The summed E-state index contributed by atoms with van der Waals surface area (Å²) in [6.45, 7) is -6.70. The molecule has 1 rings (SSSR count). The summed E-state index contributed by atoms with van der Waals surface area (Å²) in [6.07, 6.45) is -7.28. The van der Waals surface area contributed by atoms with Crippen molar-refractivity contribution >= 4 is 5.97 Å². The van der Waals surface area contributed by atoms with E-state index in [4.69, 9.17) is 16.4 Å². The van der Waals surface area contributed by atoms with Crippen molar-refractivity contribution < 1.29 is 26.0 Å². The molecule has 1 N–H and O–H groups in total. The fourth-order valence-electron chi connectivity index (χ4n) is 0.403. The molecule has 0 saturated carbocycles. The highest BCUT2D eigenvalue weighted by atomic mass is 16.5. The fraction of sp³-hybridized carbons (Fsp3) is 0.857. The lowest BCUT2D eigenvalue weighted by Gasteiger charge is -2.19. The molecule has 58 valence electrons. The summed E-state index contributed by atoms with van der Waals surface area (Å²) in [4.78, 5) is 11.9. The minimum Gasteiger partial charge on any atom is -0.469 e. The van der Waals surface area contributed by atoms with Gasteiger partial charge in [0.05, 0.1) is 17.0 Å². The zero-order valence-electron chi connectivity index (χ0n) is 16.8. The normalized spacial score (nSPS) is 62.8. The van der Waals surface area contributed by atoms with Gasteiger partial charge in [-0.05, 0) is 25.7 Å². The number of hydrogen-bond acceptors (Lipinski definition) is 3. The van der Waals surface area contributed by atoms with Gasteiger partial charge in [0.25, 0.3) is 0 Å². The number of nitrogens with one attached hydrogen (secondary N) is 1. The Morgan fingerprint density at radius 3 is 3.20 bits per heavy atom. The number of carbonyl (C=O) groups is 1. The molecule has 1 aliphatic rings. The first-order valence-corrected chi connectivity index (χ1v) is 2.36. The Morgan fingerprint density at radius 2 is 2.60 bits per heavy atom. The molecule has 1 saturated heterocycles. The van der Waals surface area contributed by atoms with E-state index in [0.717, 1.165) is 0 Å². The molecule has 0 aromatic heterocycles. The zero-order chi connectivity index (χ0) is 18.0. The maximum Gasteiger partial charge on any atom is 0.308 e. The summed E-state index contributed by atoms with van der Waals surface area (Å²) in [5.41, 5.74) is 0. The fourth-order valence-corrected chi connectivity index (χ4v) is 0.403. The Balaban J connectivity index is 3.58. The van der Waals surface area contributed by atoms with E-state index in [1.165, 1.54) is 5.32 Å². The average Bonchev–Trinajstić information content (AvgIpc) is 2.21. The summed E-state index contributed by atoms with van der Waals surface area (Å²) in [6, 6.07) is 0. The lowest BCUT2D eigenvalue weighted by atomic mass is 9.99. The standard InChI is InChI=1S/C7H13NO2/c1-10-7(9)6-2-4-8-5-3-6/h6,8H,2-5H2,1H3/i1D3,2D2,3D2,4D2,5D2,6D. The van der Waals surface area contributed by atoms with Gasteiger partial charge in [0, 0.05) is 12.3 Å². The van der Waals surface area contributed by atoms with E-state index in [0.29, 0.717) is 0 Å². The smallest absolute Gasteiger partial charge is 0.308 e. The molecule has 0 bridgehead atoms. The number of hydrogen-bond donors (Lipinski definition) is 1. The Labute approximate surface area is 77.6 Å². The summed E-state index contributed by atoms with van der Waals surface area (Å²) < 4.78 is 92.3. The number of rotatable bonds is 1. The van der Waals surface area contributed by atoms with Crippen LogP contribution in [0.15, 0.2) is 0 Å². The number of carbonyl (C=O) groups excluding carboxylic acids is 1. The van der Waals surface area contributed by atoms with Crippen molar-refractivity contribution in [3.8, 4) is 0 Å². The molecule has 0 atom stereocenters. The van der Waals surface area contributed by atoms with Gasteiger partial charge in [0.15, 0.2) is 0 Å². The monoisotopic (exact) mass is 155 g/mol. The second-order valence-corrected chi connectivity index (χ2v) is 1.39. The van der Waals surface area contributed by atoms with E-state index in [1.54, 1.807) is 0 Å². The molecule has 0 aromatic rings. The van der Waals surface area contributed by atoms with Crippen molar-refractivity contribution in [2.75, 3.05) is 20.0 Å². The maximum absolute atomic E-state index is 11.9. The third-order valence-electron chi connectivity index (χ3n) is 0.797. The third kappa shape index (κ3) is 1.70. The van der Waals surface area contributed by atoms with Gasteiger partial charge in [-0.3, -0.25) is 4.79 Å². The van der Waals surface area contributed by atoms with Crippen molar-refractivity contribution in [3.05, 3.63) is 0 Å². The van der Waals surface area contributed by atoms with E-state index in [-0.39, 0.29) is 0 Å². The summed E-state index contributed by atoms with van der Waals surface area (Å²) in [5.74, 6) is -6.04. The van der Waals surface area contributed by atoms with Gasteiger partial charge >= 0.3 is 5.97 Å². The van der Waals surface area contributed by atoms with Crippen molar-refractivity contribution in [2.24, 2.45) is 5.89 Å². The molecule has 0 radical (unpaired) electrons. The zero-order valence-corrected chi connectivity index (χ0v) is 4.82. The number of ether oxygens (including phenoxy) is 1. The van der Waals surface area contributed by atoms with Crippen LogP contribution in [0.1, 0.15) is 29.2 Å². The molecule has 0 aromatic carbocycles. The predicted octanol–water partition coefficient (Wildman–Crippen LogP) is 0.159. The first-order valence-electron chi connectivity index (χ1n) is 8.36. The van der Waals surface area contributed by atoms with Crippen LogP contribution in [0.25, 0.3) is 0 Å². The molecule has 0 spiro atoms. The van der Waals surface area contributed by atoms with Crippen LogP contribution >= 0.6 is 0 Å². The minimum atomic E-state index is -3.81. The summed E-state index contributed by atoms with van der Waals surface area (Å²) in [7, 11) is -3.43. The molecule has 10 heavy (non-hydrogen) atoms. The molecular formula is C7H13NO2. The van der Waals surface area contributed by atoms with Gasteiger partial charge in [0.1, 0.15) is 0 Å². The van der Waals surface area contributed by atoms with Gasteiger partial charge in [0.2, 0.25) is 0 Å². The Hall–Kier alpha value is -0.570. The highest BCUT2D eigenvalue weighted by Crippen LogP contribution is 2.12. The van der Waals surface area contributed by atoms with Crippen molar-refractivity contribution in [1.82, 2.24) is 5.32 Å². The van der Waals surface area contributed by atoms with E-state index in [9.17, 15) is 4.79 Å².